The second kappa shape index (κ2) is 12.0. The van der Waals surface area contributed by atoms with E-state index in [1.165, 1.54) is 17.7 Å². The van der Waals surface area contributed by atoms with Crippen molar-refractivity contribution < 1.29 is 18.4 Å². The molecule has 6 heteroatoms. The number of aryl methyl sites for hydroxylation is 2. The molecule has 0 saturated heterocycles. The van der Waals surface area contributed by atoms with Crippen molar-refractivity contribution in [1.29, 1.82) is 0 Å². The number of rotatable bonds is 10. The van der Waals surface area contributed by atoms with E-state index >= 15 is 0 Å². The van der Waals surface area contributed by atoms with Crippen LogP contribution in [0.1, 0.15) is 73.5 Å². The normalized spacial score (nSPS) is 11.4. The highest BCUT2D eigenvalue weighted by Gasteiger charge is 2.31. The Morgan fingerprint density at radius 1 is 0.889 bits per heavy atom. The molecule has 36 heavy (non-hydrogen) atoms. The van der Waals surface area contributed by atoms with Crippen LogP contribution in [0.5, 0.6) is 0 Å². The first-order valence-electron chi connectivity index (χ1n) is 12.5. The third-order valence-electron chi connectivity index (χ3n) is 6.15. The monoisotopic (exact) mass is 492 g/mol. The number of unbranched alkanes of at least 4 members (excludes halogenated alkanes) is 1. The van der Waals surface area contributed by atoms with Crippen LogP contribution in [-0.4, -0.2) is 33.7 Å². The molecule has 0 fully saturated rings. The van der Waals surface area contributed by atoms with Crippen LogP contribution in [0.15, 0.2) is 65.1 Å². The maximum atomic E-state index is 13.6. The molecule has 0 saturated carbocycles. The van der Waals surface area contributed by atoms with E-state index in [4.69, 9.17) is 4.42 Å². The van der Waals surface area contributed by atoms with Gasteiger partial charge in [-0.2, -0.15) is 0 Å². The van der Waals surface area contributed by atoms with Crippen LogP contribution in [0, 0.1) is 12.7 Å². The van der Waals surface area contributed by atoms with E-state index in [0.717, 1.165) is 30.6 Å². The number of hydrogen-bond donors (Lipinski definition) is 0. The molecular weight excluding hydrogens is 455 g/mol. The Labute approximate surface area is 213 Å². The molecule has 0 spiro atoms. The summed E-state index contributed by atoms with van der Waals surface area (Å²) in [5, 5.41) is 0. The summed E-state index contributed by atoms with van der Waals surface area (Å²) < 4.78 is 19.1. The van der Waals surface area contributed by atoms with E-state index in [1.807, 2.05) is 64.1 Å². The van der Waals surface area contributed by atoms with E-state index in [0.29, 0.717) is 11.3 Å². The maximum Gasteiger partial charge on any atom is 0.254 e. The lowest BCUT2D eigenvalue weighted by atomic mass is 10.0. The summed E-state index contributed by atoms with van der Waals surface area (Å²) in [4.78, 5) is 30.4. The molecule has 0 N–H and O–H groups in total. The number of nitrogens with zero attached hydrogens (tertiary/aromatic N) is 2. The van der Waals surface area contributed by atoms with Crippen molar-refractivity contribution in [2.75, 3.05) is 6.54 Å². The van der Waals surface area contributed by atoms with Gasteiger partial charge in [-0.25, -0.2) is 4.39 Å². The van der Waals surface area contributed by atoms with Crippen LogP contribution < -0.4 is 0 Å². The number of furan rings is 1. The summed E-state index contributed by atoms with van der Waals surface area (Å²) in [6, 6.07) is 17.5. The van der Waals surface area contributed by atoms with E-state index in [-0.39, 0.29) is 37.3 Å². The first kappa shape index (κ1) is 27.2. The Hall–Kier alpha value is -3.41. The minimum absolute atomic E-state index is 0.0825. The zero-order valence-corrected chi connectivity index (χ0v) is 22.0. The van der Waals surface area contributed by atoms with Crippen LogP contribution in [-0.2, 0) is 24.3 Å². The molecule has 3 aromatic rings. The lowest BCUT2D eigenvalue weighted by Crippen LogP contribution is -2.51. The smallest absolute Gasteiger partial charge is 0.254 e. The van der Waals surface area contributed by atoms with Crippen molar-refractivity contribution in [2.24, 2.45) is 0 Å². The highest BCUT2D eigenvalue weighted by molar-refractivity contribution is 5.97. The summed E-state index contributed by atoms with van der Waals surface area (Å²) in [5.74, 6) is 0.681. The van der Waals surface area contributed by atoms with Gasteiger partial charge in [-0.05, 0) is 88.1 Å². The SMILES string of the molecule is CCCCc1ccc(C(=O)N(CC(=O)N(Cc2ccc(F)cc2)Cc2ccc(C)o2)C(C)(C)C)cc1. The molecule has 1 aromatic heterocycles. The lowest BCUT2D eigenvalue weighted by molar-refractivity contribution is -0.134. The predicted octanol–water partition coefficient (Wildman–Crippen LogP) is 6.54. The van der Waals surface area contributed by atoms with E-state index in [9.17, 15) is 14.0 Å². The molecule has 0 aliphatic carbocycles. The highest BCUT2D eigenvalue weighted by atomic mass is 19.1. The van der Waals surface area contributed by atoms with Crippen molar-refractivity contribution in [1.82, 2.24) is 9.80 Å². The van der Waals surface area contributed by atoms with Crippen LogP contribution in [0.25, 0.3) is 0 Å². The minimum Gasteiger partial charge on any atom is -0.464 e. The first-order chi connectivity index (χ1) is 17.1. The molecule has 3 rings (SSSR count). The van der Waals surface area contributed by atoms with E-state index in [1.54, 1.807) is 21.9 Å². The summed E-state index contributed by atoms with van der Waals surface area (Å²) in [6.45, 7) is 10.2. The molecule has 0 unspecified atom stereocenters. The van der Waals surface area contributed by atoms with Crippen molar-refractivity contribution >= 4 is 11.8 Å². The third-order valence-corrected chi connectivity index (χ3v) is 6.15. The summed E-state index contributed by atoms with van der Waals surface area (Å²) >= 11 is 0. The van der Waals surface area contributed by atoms with Gasteiger partial charge in [0.15, 0.2) is 0 Å². The summed E-state index contributed by atoms with van der Waals surface area (Å²) in [7, 11) is 0. The van der Waals surface area contributed by atoms with Gasteiger partial charge >= 0.3 is 0 Å². The summed E-state index contributed by atoms with van der Waals surface area (Å²) in [6.07, 6.45) is 3.21. The maximum absolute atomic E-state index is 13.6. The van der Waals surface area contributed by atoms with Gasteiger partial charge < -0.3 is 14.2 Å². The molecule has 0 aliphatic heterocycles. The Kier molecular flexibility index (Phi) is 9.08. The Bertz CT molecular complexity index is 1140. The average molecular weight is 493 g/mol. The fourth-order valence-corrected chi connectivity index (χ4v) is 4.00. The van der Waals surface area contributed by atoms with Gasteiger partial charge in [0.05, 0.1) is 6.54 Å². The molecule has 2 aromatic carbocycles. The fourth-order valence-electron chi connectivity index (χ4n) is 4.00. The molecule has 192 valence electrons. The predicted molar refractivity (Wildman–Crippen MR) is 140 cm³/mol. The zero-order chi connectivity index (χ0) is 26.3. The molecular formula is C30H37FN2O3. The van der Waals surface area contributed by atoms with Gasteiger partial charge in [0.2, 0.25) is 5.91 Å². The quantitative estimate of drug-likeness (QED) is 0.323. The largest absolute Gasteiger partial charge is 0.464 e. The molecule has 2 amide bonds. The Balaban J connectivity index is 1.82. The standard InChI is InChI=1S/C30H37FN2O3/c1-6-7-8-23-10-14-25(15-11-23)29(35)33(30(3,4)5)21-28(34)32(20-27-18-9-22(2)36-27)19-24-12-16-26(31)17-13-24/h9-18H,6-8,19-21H2,1-5H3. The third kappa shape index (κ3) is 7.54. The number of carbonyl (C=O) groups is 2. The minimum atomic E-state index is -0.573. The molecule has 0 bridgehead atoms. The van der Waals surface area contributed by atoms with Crippen molar-refractivity contribution in [3.63, 3.8) is 0 Å². The number of hydrogen-bond acceptors (Lipinski definition) is 3. The van der Waals surface area contributed by atoms with Crippen molar-refractivity contribution in [3.8, 4) is 0 Å². The Morgan fingerprint density at radius 3 is 2.08 bits per heavy atom. The topological polar surface area (TPSA) is 53.8 Å². The van der Waals surface area contributed by atoms with E-state index < -0.39 is 5.54 Å². The molecule has 0 radical (unpaired) electrons. The number of benzene rings is 2. The van der Waals surface area contributed by atoms with Gasteiger partial charge in [-0.1, -0.05) is 37.6 Å². The van der Waals surface area contributed by atoms with Gasteiger partial charge in [-0.15, -0.1) is 0 Å². The lowest BCUT2D eigenvalue weighted by Gasteiger charge is -2.37. The second-order valence-corrected chi connectivity index (χ2v) is 10.3. The first-order valence-corrected chi connectivity index (χ1v) is 12.5. The molecule has 0 atom stereocenters. The van der Waals surface area contributed by atoms with Crippen molar-refractivity contribution in [3.05, 3.63) is 94.7 Å². The summed E-state index contributed by atoms with van der Waals surface area (Å²) in [5.41, 5.74) is 1.98. The second-order valence-electron chi connectivity index (χ2n) is 10.3. The van der Waals surface area contributed by atoms with E-state index in [2.05, 4.69) is 6.92 Å². The van der Waals surface area contributed by atoms with Crippen LogP contribution in [0.2, 0.25) is 0 Å². The van der Waals surface area contributed by atoms with Gasteiger partial charge in [0.1, 0.15) is 23.9 Å². The Morgan fingerprint density at radius 2 is 1.53 bits per heavy atom. The van der Waals surface area contributed by atoms with Crippen LogP contribution >= 0.6 is 0 Å². The fraction of sp³-hybridized carbons (Fsp3) is 0.400. The van der Waals surface area contributed by atoms with Gasteiger partial charge in [-0.3, -0.25) is 9.59 Å². The molecule has 5 nitrogen and oxygen atoms in total. The van der Waals surface area contributed by atoms with Gasteiger partial charge in [0.25, 0.3) is 5.91 Å². The number of carbonyl (C=O) groups excluding carboxylic acids is 2. The number of amides is 2. The number of halogens is 1. The van der Waals surface area contributed by atoms with Crippen LogP contribution in [0.3, 0.4) is 0 Å². The van der Waals surface area contributed by atoms with Crippen LogP contribution in [0.4, 0.5) is 4.39 Å². The van der Waals surface area contributed by atoms with Gasteiger partial charge in [0, 0.05) is 17.6 Å². The molecule has 0 aliphatic rings. The zero-order valence-electron chi connectivity index (χ0n) is 22.0. The van der Waals surface area contributed by atoms with Crippen molar-refractivity contribution in [2.45, 2.75) is 72.5 Å². The molecule has 1 heterocycles. The average Bonchev–Trinajstić information content (AvgIpc) is 3.25. The highest BCUT2D eigenvalue weighted by Crippen LogP contribution is 2.20.